The van der Waals surface area contributed by atoms with E-state index in [0.717, 1.165) is 5.92 Å². The lowest BCUT2D eigenvalue weighted by atomic mass is 9.85. The second-order valence-electron chi connectivity index (χ2n) is 9.98. The Morgan fingerprint density at radius 3 is 1.27 bits per heavy atom. The average molecular weight is 426 g/mol. The van der Waals surface area contributed by atoms with Crippen LogP contribution in [0, 0.1) is 5.92 Å². The first-order valence-electron chi connectivity index (χ1n) is 14.1. The number of nitrogens with zero attached hydrogens (tertiary/aromatic N) is 1. The molecule has 0 bridgehead atoms. The molecule has 1 aliphatic carbocycles. The van der Waals surface area contributed by atoms with Crippen LogP contribution in [0.2, 0.25) is 0 Å². The van der Waals surface area contributed by atoms with Gasteiger partial charge < -0.3 is 10.4 Å². The Balaban J connectivity index is 0.00000841. The quantitative estimate of drug-likeness (QED) is 0.169. The highest BCUT2D eigenvalue weighted by Gasteiger charge is 2.12. The number of unbranched alkanes of at least 4 members (excludes halogenated alkanes) is 15. The van der Waals surface area contributed by atoms with Gasteiger partial charge in [0.1, 0.15) is 0 Å². The van der Waals surface area contributed by atoms with E-state index in [0.29, 0.717) is 0 Å². The van der Waals surface area contributed by atoms with Crippen LogP contribution in [0.1, 0.15) is 155 Å². The maximum Gasteiger partial charge on any atom is -0.00190 e. The number of hydrogen-bond acceptors (Lipinski definition) is 1. The van der Waals surface area contributed by atoms with Crippen molar-refractivity contribution in [1.29, 1.82) is 0 Å². The first-order chi connectivity index (χ1) is 14.4. The van der Waals surface area contributed by atoms with Crippen LogP contribution in [0.4, 0.5) is 0 Å². The lowest BCUT2D eigenvalue weighted by Gasteiger charge is -2.21. The predicted molar refractivity (Wildman–Crippen MR) is 136 cm³/mol. The molecule has 2 nitrogen and oxygen atoms in total. The third-order valence-electron chi connectivity index (χ3n) is 7.46. The molecule has 0 saturated heterocycles. The van der Waals surface area contributed by atoms with Crippen LogP contribution in [0.25, 0.3) is 0 Å². The third kappa shape index (κ3) is 18.7. The summed E-state index contributed by atoms with van der Waals surface area (Å²) >= 11 is 0. The number of rotatable bonds is 21. The molecule has 0 spiro atoms. The van der Waals surface area contributed by atoms with E-state index in [4.69, 9.17) is 0 Å². The van der Waals surface area contributed by atoms with Gasteiger partial charge in [0, 0.05) is 0 Å². The highest BCUT2D eigenvalue weighted by molar-refractivity contribution is 4.65. The average Bonchev–Trinajstić information content (AvgIpc) is 2.76. The Kier molecular flexibility index (Phi) is 23.5. The first-order valence-corrected chi connectivity index (χ1v) is 14.1. The number of hydrogen-bond donors (Lipinski definition) is 0. The Labute approximate surface area is 191 Å². The van der Waals surface area contributed by atoms with Gasteiger partial charge in [-0.2, -0.15) is 0 Å². The van der Waals surface area contributed by atoms with Gasteiger partial charge in [-0.05, 0) is 32.0 Å². The summed E-state index contributed by atoms with van der Waals surface area (Å²) < 4.78 is 0. The second kappa shape index (κ2) is 23.6. The van der Waals surface area contributed by atoms with Gasteiger partial charge in [0.05, 0.1) is 0 Å². The monoisotopic (exact) mass is 425 g/mol. The van der Waals surface area contributed by atoms with Crippen LogP contribution in [-0.4, -0.2) is 30.0 Å². The highest BCUT2D eigenvalue weighted by atomic mass is 16.0. The zero-order chi connectivity index (χ0) is 20.8. The zero-order valence-corrected chi connectivity index (χ0v) is 21.2. The molecular formula is C28H59NO. The summed E-state index contributed by atoms with van der Waals surface area (Å²) in [5.41, 5.74) is 0. The Morgan fingerprint density at radius 2 is 0.867 bits per heavy atom. The summed E-state index contributed by atoms with van der Waals surface area (Å²) in [5, 5.41) is 0. The van der Waals surface area contributed by atoms with Crippen LogP contribution in [0.15, 0.2) is 0 Å². The van der Waals surface area contributed by atoms with Crippen molar-refractivity contribution in [3.63, 3.8) is 0 Å². The molecular weight excluding hydrogens is 366 g/mol. The summed E-state index contributed by atoms with van der Waals surface area (Å²) in [6, 6.07) is 0. The molecule has 0 amide bonds. The fourth-order valence-electron chi connectivity index (χ4n) is 5.26. The molecule has 1 rings (SSSR count). The van der Waals surface area contributed by atoms with Crippen molar-refractivity contribution in [3.8, 4) is 0 Å². The van der Waals surface area contributed by atoms with Crippen molar-refractivity contribution >= 4 is 0 Å². The molecule has 0 aliphatic heterocycles. The van der Waals surface area contributed by atoms with Gasteiger partial charge >= 0.3 is 0 Å². The van der Waals surface area contributed by atoms with E-state index in [2.05, 4.69) is 18.7 Å². The Morgan fingerprint density at radius 1 is 0.500 bits per heavy atom. The Bertz CT molecular complexity index is 310. The van der Waals surface area contributed by atoms with Crippen molar-refractivity contribution in [2.45, 2.75) is 155 Å². The van der Waals surface area contributed by atoms with Gasteiger partial charge in [-0.25, -0.2) is 0 Å². The van der Waals surface area contributed by atoms with Gasteiger partial charge in [-0.15, -0.1) is 0 Å². The van der Waals surface area contributed by atoms with Gasteiger partial charge in [0.25, 0.3) is 0 Å². The summed E-state index contributed by atoms with van der Waals surface area (Å²) in [6.45, 7) is 8.31. The molecule has 182 valence electrons. The van der Waals surface area contributed by atoms with Crippen molar-refractivity contribution in [3.05, 3.63) is 0 Å². The van der Waals surface area contributed by atoms with E-state index in [-0.39, 0.29) is 5.48 Å². The molecule has 1 fully saturated rings. The van der Waals surface area contributed by atoms with Gasteiger partial charge in [-0.1, -0.05) is 149 Å². The summed E-state index contributed by atoms with van der Waals surface area (Å²) in [6.07, 6.45) is 32.9. The normalized spacial score (nSPS) is 14.9. The highest BCUT2D eigenvalue weighted by Crippen LogP contribution is 2.28. The molecule has 30 heavy (non-hydrogen) atoms. The smallest absolute Gasteiger partial charge is 0.00190 e. The second-order valence-corrected chi connectivity index (χ2v) is 9.98. The maximum atomic E-state index is 2.55. The largest absolute Gasteiger partial charge is 0.412 e. The molecule has 0 atom stereocenters. The summed E-state index contributed by atoms with van der Waals surface area (Å²) in [5.74, 6) is 1.10. The molecule has 0 unspecified atom stereocenters. The standard InChI is InChI=1S/C28H57N.H2O/c1-3-29(4-2)27-23-18-16-14-12-10-8-6-5-7-9-11-13-15-17-20-24-28-25-21-19-22-26-28;/h28H,3-27H2,1-2H3;1H2. The Hall–Kier alpha value is -0.0800. The minimum Gasteiger partial charge on any atom is -0.412 e. The summed E-state index contributed by atoms with van der Waals surface area (Å²) in [4.78, 5) is 2.55. The lowest BCUT2D eigenvalue weighted by Crippen LogP contribution is -2.23. The van der Waals surface area contributed by atoms with Crippen molar-refractivity contribution in [1.82, 2.24) is 4.90 Å². The van der Waals surface area contributed by atoms with E-state index in [9.17, 15) is 0 Å². The fraction of sp³-hybridized carbons (Fsp3) is 1.00. The van der Waals surface area contributed by atoms with E-state index >= 15 is 0 Å². The predicted octanol–water partition coefficient (Wildman–Crippen LogP) is 8.72. The molecule has 2 N–H and O–H groups in total. The molecule has 0 aromatic carbocycles. The van der Waals surface area contributed by atoms with Gasteiger partial charge in [0.2, 0.25) is 0 Å². The topological polar surface area (TPSA) is 34.7 Å². The van der Waals surface area contributed by atoms with Crippen molar-refractivity contribution < 1.29 is 5.48 Å². The maximum absolute atomic E-state index is 2.55. The van der Waals surface area contributed by atoms with Gasteiger partial charge in [0.15, 0.2) is 0 Å². The molecule has 2 heteroatoms. The van der Waals surface area contributed by atoms with Crippen LogP contribution in [0.5, 0.6) is 0 Å². The molecule has 0 aromatic rings. The molecule has 1 saturated carbocycles. The van der Waals surface area contributed by atoms with E-state index < -0.39 is 0 Å². The minimum atomic E-state index is 0. The minimum absolute atomic E-state index is 0. The van der Waals surface area contributed by atoms with E-state index in [1.807, 2.05) is 0 Å². The third-order valence-corrected chi connectivity index (χ3v) is 7.46. The molecule has 0 heterocycles. The van der Waals surface area contributed by atoms with Crippen LogP contribution in [-0.2, 0) is 0 Å². The summed E-state index contributed by atoms with van der Waals surface area (Å²) in [7, 11) is 0. The van der Waals surface area contributed by atoms with E-state index in [1.165, 1.54) is 161 Å². The van der Waals surface area contributed by atoms with Crippen LogP contribution in [0.3, 0.4) is 0 Å². The van der Waals surface area contributed by atoms with Crippen molar-refractivity contribution in [2.75, 3.05) is 19.6 Å². The molecule has 0 radical (unpaired) electrons. The van der Waals surface area contributed by atoms with Crippen molar-refractivity contribution in [2.24, 2.45) is 5.92 Å². The van der Waals surface area contributed by atoms with Crippen LogP contribution >= 0.6 is 0 Å². The fourth-order valence-corrected chi connectivity index (χ4v) is 5.26. The molecule has 0 aromatic heterocycles. The van der Waals surface area contributed by atoms with E-state index in [1.54, 1.807) is 0 Å². The lowest BCUT2D eigenvalue weighted by molar-refractivity contribution is 0.295. The zero-order valence-electron chi connectivity index (χ0n) is 21.2. The molecule has 1 aliphatic rings. The first kappa shape index (κ1) is 29.9. The SMILES string of the molecule is CCN(CC)CCCCCCCCCCCCCCCCCCC1CCCCC1.O. The van der Waals surface area contributed by atoms with Gasteiger partial charge in [-0.3, -0.25) is 0 Å². The van der Waals surface area contributed by atoms with Crippen LogP contribution < -0.4 is 0 Å².